The number of nitrogen functional groups attached to an aromatic ring is 1. The molecule has 52 heavy (non-hydrogen) atoms. The molecular weight excluding hydrogens is 745 g/mol. The molecule has 4 atom stereocenters. The molecule has 11 nitrogen and oxygen atoms in total. The number of pyridine rings is 1. The Kier molecular flexibility index (Phi) is 8.06. The lowest BCUT2D eigenvalue weighted by atomic mass is 9.84. The summed E-state index contributed by atoms with van der Waals surface area (Å²) in [5, 5.41) is 7.96. The zero-order valence-electron chi connectivity index (χ0n) is 26.8. The van der Waals surface area contributed by atoms with Crippen molar-refractivity contribution in [3.8, 4) is 11.1 Å². The van der Waals surface area contributed by atoms with Gasteiger partial charge in [-0.05, 0) is 48.6 Å². The number of aromatic nitrogens is 5. The summed E-state index contributed by atoms with van der Waals surface area (Å²) in [6.45, 7) is 0. The van der Waals surface area contributed by atoms with Crippen molar-refractivity contribution in [1.29, 1.82) is 0 Å². The number of rotatable bonds is 9. The Labute approximate surface area is 294 Å². The molecule has 7 rings (SSSR count). The number of carbonyl (C=O) groups is 1. The number of nitrogens with zero attached hydrogens (tertiary/aromatic N) is 5. The molecule has 1 unspecified atom stereocenters. The van der Waals surface area contributed by atoms with Gasteiger partial charge >= 0.3 is 6.18 Å². The highest BCUT2D eigenvalue weighted by molar-refractivity contribution is 7.92. The Morgan fingerprint density at radius 3 is 2.40 bits per heavy atom. The highest BCUT2D eigenvalue weighted by Gasteiger charge is 2.69. The Balaban J connectivity index is 1.52. The lowest BCUT2D eigenvalue weighted by Crippen LogP contribution is -2.37. The zero-order valence-corrected chi connectivity index (χ0v) is 28.4. The van der Waals surface area contributed by atoms with Crippen molar-refractivity contribution >= 4 is 49.9 Å². The zero-order chi connectivity index (χ0) is 37.8. The van der Waals surface area contributed by atoms with Gasteiger partial charge in [0.05, 0.1) is 39.8 Å². The lowest BCUT2D eigenvalue weighted by molar-refractivity contribution is -0.142. The molecule has 3 heterocycles. The number of nitrogens with one attached hydrogen (secondary N) is 1. The van der Waals surface area contributed by atoms with Crippen LogP contribution in [0.1, 0.15) is 52.5 Å². The third-order valence-electron chi connectivity index (χ3n) is 9.27. The summed E-state index contributed by atoms with van der Waals surface area (Å²) < 4.78 is 132. The number of fused-ring (bicyclic) bond motifs is 4. The predicted octanol–water partition coefficient (Wildman–Crippen LogP) is 6.00. The van der Waals surface area contributed by atoms with Crippen molar-refractivity contribution in [2.45, 2.75) is 42.8 Å². The maximum absolute atomic E-state index is 15.8. The molecule has 3 aromatic heterocycles. The van der Waals surface area contributed by atoms with Crippen LogP contribution >= 0.6 is 11.6 Å². The van der Waals surface area contributed by atoms with Gasteiger partial charge in [-0.1, -0.05) is 17.7 Å². The number of aryl methyl sites for hydroxylation is 1. The number of hydrogen-bond acceptors (Lipinski definition) is 7. The highest BCUT2D eigenvalue weighted by atomic mass is 35.5. The summed E-state index contributed by atoms with van der Waals surface area (Å²) in [5.41, 5.74) is 8.69. The normalized spacial score (nSPS) is 19.0. The van der Waals surface area contributed by atoms with Crippen LogP contribution in [0.4, 0.5) is 42.2 Å². The first-order valence-electron chi connectivity index (χ1n) is 15.4. The van der Waals surface area contributed by atoms with Crippen molar-refractivity contribution in [3.63, 3.8) is 0 Å². The third kappa shape index (κ3) is 5.88. The fourth-order valence-corrected chi connectivity index (χ4v) is 8.04. The van der Waals surface area contributed by atoms with Crippen molar-refractivity contribution < 1.29 is 43.9 Å². The van der Waals surface area contributed by atoms with Gasteiger partial charge in [0.1, 0.15) is 23.4 Å². The maximum Gasteiger partial charge on any atom is 0.435 e. The number of primary amides is 1. The second kappa shape index (κ2) is 11.8. The third-order valence-corrected chi connectivity index (χ3v) is 10.2. The molecule has 0 bridgehead atoms. The molecule has 5 aromatic rings. The first-order valence-corrected chi connectivity index (χ1v) is 17.6. The van der Waals surface area contributed by atoms with E-state index in [-0.39, 0.29) is 60.9 Å². The number of alkyl halides is 5. The summed E-state index contributed by atoms with van der Waals surface area (Å²) in [7, 11) is -2.42. The number of nitrogens with two attached hydrogens (primary N) is 2. The van der Waals surface area contributed by atoms with Crippen LogP contribution in [0.5, 0.6) is 0 Å². The van der Waals surface area contributed by atoms with Crippen molar-refractivity contribution in [2.24, 2.45) is 18.7 Å². The van der Waals surface area contributed by atoms with E-state index in [1.807, 2.05) is 0 Å². The average Bonchev–Trinajstić information content (AvgIpc) is 3.53. The molecule has 0 spiro atoms. The number of anilines is 2. The quantitative estimate of drug-likeness (QED) is 0.155. The van der Waals surface area contributed by atoms with Crippen LogP contribution in [0, 0.1) is 17.6 Å². The topological polar surface area (TPSA) is 164 Å². The highest BCUT2D eigenvalue weighted by Crippen LogP contribution is 2.69. The van der Waals surface area contributed by atoms with Crippen molar-refractivity contribution in [2.75, 3.05) is 16.7 Å². The van der Waals surface area contributed by atoms with E-state index in [1.54, 1.807) is 0 Å². The van der Waals surface area contributed by atoms with Crippen LogP contribution in [-0.4, -0.2) is 45.1 Å². The molecule has 1 fully saturated rings. The molecule has 1 amide bonds. The van der Waals surface area contributed by atoms with E-state index in [1.165, 1.54) is 29.9 Å². The van der Waals surface area contributed by atoms with Crippen LogP contribution < -0.4 is 16.2 Å². The molecule has 20 heteroatoms. The van der Waals surface area contributed by atoms with Gasteiger partial charge in [-0.2, -0.15) is 32.1 Å². The predicted molar refractivity (Wildman–Crippen MR) is 175 cm³/mol. The molecule has 5 N–H and O–H groups in total. The van der Waals surface area contributed by atoms with Gasteiger partial charge in [0.2, 0.25) is 15.9 Å². The number of sulfonamides is 1. The number of halogens is 8. The van der Waals surface area contributed by atoms with Gasteiger partial charge < -0.3 is 11.5 Å². The van der Waals surface area contributed by atoms with Crippen LogP contribution in [0.15, 0.2) is 42.6 Å². The molecule has 0 radical (unpaired) electrons. The van der Waals surface area contributed by atoms with Crippen molar-refractivity contribution in [1.82, 2.24) is 24.5 Å². The van der Waals surface area contributed by atoms with Crippen LogP contribution in [0.25, 0.3) is 22.0 Å². The smallest absolute Gasteiger partial charge is 0.397 e. The minimum absolute atomic E-state index is 0.0237. The Morgan fingerprint density at radius 2 is 1.79 bits per heavy atom. The average molecular weight is 771 g/mol. The Morgan fingerprint density at radius 1 is 1.12 bits per heavy atom. The van der Waals surface area contributed by atoms with Gasteiger partial charge in [-0.25, -0.2) is 21.9 Å². The van der Waals surface area contributed by atoms with Crippen LogP contribution in [0.3, 0.4) is 0 Å². The maximum atomic E-state index is 15.8. The van der Waals surface area contributed by atoms with E-state index in [2.05, 4.69) is 19.9 Å². The van der Waals surface area contributed by atoms with Gasteiger partial charge in [0.15, 0.2) is 11.5 Å². The molecule has 2 aliphatic carbocycles. The monoisotopic (exact) mass is 770 g/mol. The van der Waals surface area contributed by atoms with E-state index in [0.717, 1.165) is 24.6 Å². The number of amides is 1. The molecule has 2 aliphatic rings. The largest absolute Gasteiger partial charge is 0.435 e. The van der Waals surface area contributed by atoms with E-state index in [9.17, 15) is 35.2 Å². The SMILES string of the molecule is Cn1nc(NS(C)(=O)=O)c2c(Cl)ccc(-c3cc(N)cnc3[C@@H](Cc3cc(F)cc(F)c3)C(C(N)=O)n3nc(C(F)(F)F)c4c3C(F)(F)[C@@H]3C[C@H]43)c21. The first-order chi connectivity index (χ1) is 24.2. The van der Waals surface area contributed by atoms with Gasteiger partial charge in [-0.15, -0.1) is 0 Å². The van der Waals surface area contributed by atoms with E-state index in [4.69, 9.17) is 23.1 Å². The minimum atomic E-state index is -5.19. The number of hydrogen-bond donors (Lipinski definition) is 3. The van der Waals surface area contributed by atoms with Crippen LogP contribution in [0.2, 0.25) is 5.02 Å². The number of carbonyl (C=O) groups excluding carboxylic acids is 1. The first kappa shape index (κ1) is 35.5. The summed E-state index contributed by atoms with van der Waals surface area (Å²) >= 11 is 6.51. The Hall–Kier alpha value is -4.91. The van der Waals surface area contributed by atoms with Gasteiger partial charge in [0.25, 0.3) is 5.92 Å². The number of benzene rings is 2. The summed E-state index contributed by atoms with van der Waals surface area (Å²) in [5.74, 6) is -11.7. The summed E-state index contributed by atoms with van der Waals surface area (Å²) in [6.07, 6.45) is -3.98. The molecule has 0 aliphatic heterocycles. The van der Waals surface area contributed by atoms with Gasteiger partial charge in [-0.3, -0.25) is 19.2 Å². The second-order valence-corrected chi connectivity index (χ2v) is 15.1. The fourth-order valence-electron chi connectivity index (χ4n) is 7.31. The molecule has 274 valence electrons. The molecular formula is C32H26ClF7N8O3S. The summed E-state index contributed by atoms with van der Waals surface area (Å²) in [6, 6.07) is 4.43. The Bertz CT molecular complexity index is 2410. The molecule has 2 aromatic carbocycles. The van der Waals surface area contributed by atoms with E-state index < -0.39 is 86.8 Å². The minimum Gasteiger partial charge on any atom is -0.397 e. The van der Waals surface area contributed by atoms with Crippen LogP contribution in [-0.2, 0) is 40.4 Å². The van der Waals surface area contributed by atoms with E-state index in [0.29, 0.717) is 6.07 Å². The standard InChI is InChI=1S/C32H26ClF7N8O3S/c1-47-25-16(3-4-21(33)23(25)30(45-47)46-52(2,50)51)17-9-15(41)11-43-24(17)19(7-12-5-13(34)8-14(35)6-12)26(29(42)49)48-28-22(27(44-48)32(38,39)40)18-10-20(18)31(28,36)37/h3-6,8-9,11,18-20,26H,7,10,41H2,1-2H3,(H2,42,49)(H,45,46)/t18-,19+,20+,26?/m0/s1. The lowest BCUT2D eigenvalue weighted by Gasteiger charge is -2.29. The molecule has 1 saturated carbocycles. The fraction of sp³-hybridized carbons (Fsp3) is 0.312. The second-order valence-electron chi connectivity index (χ2n) is 12.9. The van der Waals surface area contributed by atoms with E-state index >= 15 is 8.78 Å². The molecule has 0 saturated heterocycles. The van der Waals surface area contributed by atoms with Crippen molar-refractivity contribution in [3.05, 3.63) is 87.5 Å². The summed E-state index contributed by atoms with van der Waals surface area (Å²) in [4.78, 5) is 17.9. The van der Waals surface area contributed by atoms with Gasteiger partial charge in [0, 0.05) is 41.6 Å².